The number of carbonyl (C=O) groups excluding carboxylic acids is 10. The first-order valence-electron chi connectivity index (χ1n) is 40.2. The minimum atomic E-state index is -0.356. The summed E-state index contributed by atoms with van der Waals surface area (Å²) in [7, 11) is 1.78. The number of nitrogens with zero attached hydrogens (tertiary/aromatic N) is 5. The van der Waals surface area contributed by atoms with E-state index in [-0.39, 0.29) is 215 Å². The Morgan fingerprint density at radius 1 is 0.397 bits per heavy atom. The van der Waals surface area contributed by atoms with Gasteiger partial charge in [0.15, 0.2) is 16.7 Å². The quantitative estimate of drug-likeness (QED) is 0.0368. The number of aryl methyl sites for hydroxylation is 1. The highest BCUT2D eigenvalue weighted by Crippen LogP contribution is 2.36. The van der Waals surface area contributed by atoms with Crippen molar-refractivity contribution in [2.75, 3.05) is 32.7 Å². The van der Waals surface area contributed by atoms with Crippen LogP contribution in [0.2, 0.25) is 0 Å². The third kappa shape index (κ3) is 26.0. The number of aromatic amines is 1. The standard InChI is InChI=1S/C22H28N2O3.C16H26N4O3.C15H24N4O3.C15H23N3O4.C15H23N3O3S/c1-13-14(2)21(24-16(4)25)15(3)27-20(13)12-23-22(26)19-11-7-9-17-8-5-6-10-18(17)19;1-9-10(2)14(19-12(4)21)11(3)23-13(9)8-18-16(22)15-17-6-7-20(15)5;1-8-9(2)13(19-11(4)20)10(3)22-12(8)7-18-15(21)14-16-5-6-17-14;1-8-9(2)13(18-11(4)19)10(3)22-12(8)7-17-14(20)15-16-5-6-21-15;1-8-9(2)13(18-11(4)19)10(3)21-12(8)7-17-14(20)15-16-5-6-22-15/h5-11,13-15,20-21H,12H2,1-4H3,(H,23,26)(H,24,25);6-7,9-11,13-14H,8H2,1-5H3,(H,18,22)(H,19,21);5-6,8-10,12-13H,7H2,1-4H3,(H,16,17)(H,18,21)(H,19,20);2*5-6,8-10,12-13H,7H2,1-4H3,(H,17,20)(H,18,19). The predicted octanol–water partition coefficient (Wildman–Crippen LogP) is 6.96. The molecule has 11 N–H and O–H groups in total. The van der Waals surface area contributed by atoms with Crippen LogP contribution in [0.15, 0.2) is 95.7 Å². The van der Waals surface area contributed by atoms with Crippen LogP contribution in [0.5, 0.6) is 0 Å². The molecule has 5 aliphatic heterocycles. The molecule has 25 atom stereocenters. The second kappa shape index (κ2) is 44.1. The van der Waals surface area contributed by atoms with E-state index in [9.17, 15) is 47.9 Å². The number of fused-ring (bicyclic) bond motifs is 1. The van der Waals surface area contributed by atoms with Gasteiger partial charge in [-0.3, -0.25) is 47.9 Å². The van der Waals surface area contributed by atoms with E-state index in [1.54, 1.807) is 41.8 Å². The normalized spacial score (nSPS) is 30.5. The van der Waals surface area contributed by atoms with Crippen molar-refractivity contribution < 1.29 is 76.0 Å². The van der Waals surface area contributed by atoms with Crippen molar-refractivity contribution in [1.29, 1.82) is 0 Å². The maximum Gasteiger partial charge on any atom is 0.307 e. The Balaban J connectivity index is 0.000000201. The summed E-state index contributed by atoms with van der Waals surface area (Å²) in [4.78, 5) is 136. The van der Waals surface area contributed by atoms with Gasteiger partial charge in [0.1, 0.15) is 6.26 Å². The molecule has 0 aliphatic carbocycles. The Kier molecular flexibility index (Phi) is 35.6. The summed E-state index contributed by atoms with van der Waals surface area (Å²) in [5.41, 5.74) is 0.675. The van der Waals surface area contributed by atoms with Gasteiger partial charge in [-0.1, -0.05) is 106 Å². The Labute approximate surface area is 684 Å². The molecule has 25 unspecified atom stereocenters. The molecule has 33 heteroatoms. The highest BCUT2D eigenvalue weighted by atomic mass is 32.1. The van der Waals surface area contributed by atoms with Gasteiger partial charge < -0.3 is 90.8 Å². The van der Waals surface area contributed by atoms with Crippen LogP contribution in [0.25, 0.3) is 10.8 Å². The molecule has 0 saturated carbocycles. The topological polar surface area (TPSA) is 423 Å². The Bertz CT molecular complexity index is 3940. The van der Waals surface area contributed by atoms with Gasteiger partial charge in [-0.05, 0) is 111 Å². The molecule has 6 aromatic rings. The number of carbonyl (C=O) groups is 10. The number of amides is 10. The van der Waals surface area contributed by atoms with Gasteiger partial charge in [0.25, 0.3) is 29.5 Å². The number of hydrogen-bond acceptors (Lipinski definition) is 21. The molecule has 4 aromatic heterocycles. The first-order valence-corrected chi connectivity index (χ1v) is 41.0. The van der Waals surface area contributed by atoms with Gasteiger partial charge in [0.05, 0.1) is 97.4 Å². The molecule has 5 saturated heterocycles. The van der Waals surface area contributed by atoms with Crippen molar-refractivity contribution in [3.63, 3.8) is 0 Å². The summed E-state index contributed by atoms with van der Waals surface area (Å²) in [5, 5.41) is 33.5. The van der Waals surface area contributed by atoms with E-state index >= 15 is 0 Å². The Hall–Kier alpha value is -9.54. The SMILES string of the molecule is CC(=O)NC1C(C)OC(CNC(=O)c2cccc3ccccc23)C(C)C1C.CC(=O)NC1C(C)OC(CNC(=O)c2ncc[nH]2)C(C)C1C.CC(=O)NC1C(C)OC(CNC(=O)c2nccn2C)C(C)C1C.CC(=O)NC1C(C)OC(CNC(=O)c2ncco2)C(C)C1C.CC(=O)NC1C(C)OC(CNC(=O)c2nccs2)C(C)C1C. The molecule has 2 aromatic carbocycles. The van der Waals surface area contributed by atoms with E-state index in [0.717, 1.165) is 10.8 Å². The molecule has 11 rings (SSSR count). The van der Waals surface area contributed by atoms with Gasteiger partial charge in [-0.25, -0.2) is 19.9 Å². The molecule has 0 radical (unpaired) electrons. The fraction of sp³-hybridized carbons (Fsp3) is 0.614. The minimum Gasteiger partial charge on any atom is -0.441 e. The zero-order valence-electron chi connectivity index (χ0n) is 70.8. The number of benzene rings is 2. The van der Waals surface area contributed by atoms with Crippen LogP contribution < -0.4 is 53.2 Å². The van der Waals surface area contributed by atoms with Crippen LogP contribution in [-0.2, 0) is 54.7 Å². The van der Waals surface area contributed by atoms with Gasteiger partial charge in [0.2, 0.25) is 29.5 Å². The van der Waals surface area contributed by atoms with Crippen LogP contribution in [0.1, 0.15) is 191 Å². The van der Waals surface area contributed by atoms with Crippen LogP contribution in [-0.4, -0.2) is 213 Å². The predicted molar refractivity (Wildman–Crippen MR) is 437 cm³/mol. The van der Waals surface area contributed by atoms with E-state index in [2.05, 4.69) is 147 Å². The van der Waals surface area contributed by atoms with Gasteiger partial charge in [-0.15, -0.1) is 11.3 Å². The van der Waals surface area contributed by atoms with Crippen molar-refractivity contribution in [3.05, 3.63) is 119 Å². The summed E-state index contributed by atoms with van der Waals surface area (Å²) in [6.07, 6.45) is 9.93. The average molecular weight is 1630 g/mol. The Morgan fingerprint density at radius 3 is 1.11 bits per heavy atom. The lowest BCUT2D eigenvalue weighted by Crippen LogP contribution is -2.57. The number of H-pyrrole nitrogens is 1. The summed E-state index contributed by atoms with van der Waals surface area (Å²) < 4.78 is 36.7. The number of nitrogens with one attached hydrogen (secondary N) is 11. The third-order valence-corrected chi connectivity index (χ3v) is 24.4. The summed E-state index contributed by atoms with van der Waals surface area (Å²) in [6.45, 7) is 40.4. The molecule has 10 amide bonds. The van der Waals surface area contributed by atoms with Crippen LogP contribution in [0.4, 0.5) is 0 Å². The Morgan fingerprint density at radius 2 is 0.767 bits per heavy atom. The first-order chi connectivity index (χ1) is 54.9. The van der Waals surface area contributed by atoms with Crippen molar-refractivity contribution >= 4 is 81.2 Å². The lowest BCUT2D eigenvalue weighted by Gasteiger charge is -2.44. The van der Waals surface area contributed by atoms with E-state index in [1.807, 2.05) is 77.1 Å². The highest BCUT2D eigenvalue weighted by molar-refractivity contribution is 7.11. The van der Waals surface area contributed by atoms with E-state index in [1.165, 1.54) is 64.6 Å². The summed E-state index contributed by atoms with van der Waals surface area (Å²) >= 11 is 1.32. The van der Waals surface area contributed by atoms with Crippen molar-refractivity contribution in [2.45, 2.75) is 230 Å². The summed E-state index contributed by atoms with van der Waals surface area (Å²) in [5.74, 6) is 1.75. The second-order valence-electron chi connectivity index (χ2n) is 31.7. The molecule has 0 bridgehead atoms. The van der Waals surface area contributed by atoms with E-state index in [0.29, 0.717) is 54.9 Å². The second-order valence-corrected chi connectivity index (χ2v) is 32.6. The molecule has 5 fully saturated rings. The lowest BCUT2D eigenvalue weighted by molar-refractivity contribution is -0.132. The molecule has 5 aliphatic rings. The summed E-state index contributed by atoms with van der Waals surface area (Å²) in [6, 6.07) is 13.6. The average Bonchev–Trinajstić information content (AvgIpc) is 1.28. The monoisotopic (exact) mass is 1630 g/mol. The minimum absolute atomic E-state index is 0.00147. The van der Waals surface area contributed by atoms with E-state index in [4.69, 9.17) is 28.1 Å². The lowest BCUT2D eigenvalue weighted by atomic mass is 9.80. The van der Waals surface area contributed by atoms with Crippen LogP contribution in [0, 0.1) is 59.2 Å². The van der Waals surface area contributed by atoms with Crippen molar-refractivity contribution in [2.24, 2.45) is 66.2 Å². The van der Waals surface area contributed by atoms with Gasteiger partial charge in [-0.2, -0.15) is 0 Å². The third-order valence-electron chi connectivity index (χ3n) is 23.6. The van der Waals surface area contributed by atoms with E-state index < -0.39 is 0 Å². The fourth-order valence-corrected chi connectivity index (χ4v) is 16.5. The maximum absolute atomic E-state index is 12.8. The molecule has 9 heterocycles. The number of thiazole rings is 1. The van der Waals surface area contributed by atoms with Crippen molar-refractivity contribution in [3.8, 4) is 0 Å². The highest BCUT2D eigenvalue weighted by Gasteiger charge is 2.45. The first kappa shape index (κ1) is 93.6. The molecule has 32 nitrogen and oxygen atoms in total. The molecule has 116 heavy (non-hydrogen) atoms. The zero-order chi connectivity index (χ0) is 85.5. The molecule has 0 spiro atoms. The number of imidazole rings is 2. The molecule has 638 valence electrons. The van der Waals surface area contributed by atoms with Crippen LogP contribution >= 0.6 is 11.3 Å². The molecular formula is C83H124N16O16S. The maximum atomic E-state index is 12.8. The van der Waals surface area contributed by atoms with Crippen LogP contribution in [0.3, 0.4) is 0 Å². The van der Waals surface area contributed by atoms with Gasteiger partial charge >= 0.3 is 5.91 Å². The number of oxazole rings is 1. The fourth-order valence-electron chi connectivity index (χ4n) is 15.9. The molecular weight excluding hydrogens is 1510 g/mol. The largest absolute Gasteiger partial charge is 0.441 e. The number of ether oxygens (including phenoxy) is 5. The number of hydrogen-bond donors (Lipinski definition) is 11. The van der Waals surface area contributed by atoms with Gasteiger partial charge in [0, 0.05) is 116 Å². The number of aromatic nitrogens is 6. The number of rotatable bonds is 20. The zero-order valence-corrected chi connectivity index (χ0v) is 71.6. The van der Waals surface area contributed by atoms with Crippen molar-refractivity contribution in [1.82, 2.24) is 82.7 Å². The smallest absolute Gasteiger partial charge is 0.307 e.